The Labute approximate surface area is 104 Å². The zero-order valence-corrected chi connectivity index (χ0v) is 9.99. The van der Waals surface area contributed by atoms with Crippen molar-refractivity contribution in [2.24, 2.45) is 0 Å². The molecular formula is C13H15FN4. The first-order valence-electron chi connectivity index (χ1n) is 6.17. The van der Waals surface area contributed by atoms with E-state index in [-0.39, 0.29) is 5.82 Å². The first-order valence-corrected chi connectivity index (χ1v) is 6.17. The number of aromatic nitrogens is 2. The second-order valence-corrected chi connectivity index (χ2v) is 4.68. The number of nitrogens with two attached hydrogens (primary N) is 1. The lowest BCUT2D eigenvalue weighted by molar-refractivity contribution is 0.587. The minimum absolute atomic E-state index is 0.317. The van der Waals surface area contributed by atoms with Crippen molar-refractivity contribution in [3.8, 4) is 0 Å². The van der Waals surface area contributed by atoms with Gasteiger partial charge in [-0.15, -0.1) is 0 Å². The number of hydrogen-bond donors (Lipinski definition) is 2. The van der Waals surface area contributed by atoms with Crippen molar-refractivity contribution in [3.05, 3.63) is 29.8 Å². The predicted octanol–water partition coefficient (Wildman–Crippen LogP) is 1.65. The molecule has 1 aromatic carbocycles. The van der Waals surface area contributed by atoms with E-state index in [4.69, 9.17) is 5.73 Å². The van der Waals surface area contributed by atoms with Crippen LogP contribution in [0.3, 0.4) is 0 Å². The molecular weight excluding hydrogens is 231 g/mol. The van der Waals surface area contributed by atoms with Gasteiger partial charge in [0.15, 0.2) is 0 Å². The first-order chi connectivity index (χ1) is 8.72. The molecule has 4 nitrogen and oxygen atoms in total. The van der Waals surface area contributed by atoms with Gasteiger partial charge in [-0.3, -0.25) is 0 Å². The summed E-state index contributed by atoms with van der Waals surface area (Å²) in [6.07, 6.45) is 3.11. The first kappa shape index (κ1) is 11.3. The van der Waals surface area contributed by atoms with Gasteiger partial charge in [0.05, 0.1) is 5.52 Å². The molecule has 1 aliphatic rings. The normalized spacial score (nSPS) is 19.5. The van der Waals surface area contributed by atoms with E-state index in [9.17, 15) is 4.39 Å². The number of nitrogen functional groups attached to an aromatic ring is 1. The van der Waals surface area contributed by atoms with Crippen molar-refractivity contribution in [1.82, 2.24) is 15.3 Å². The van der Waals surface area contributed by atoms with E-state index in [1.807, 2.05) is 0 Å². The molecule has 2 aromatic rings. The number of fused-ring (bicyclic) bond motifs is 1. The Morgan fingerprint density at radius 2 is 2.28 bits per heavy atom. The third-order valence-electron chi connectivity index (χ3n) is 3.32. The monoisotopic (exact) mass is 246 g/mol. The maximum Gasteiger partial charge on any atom is 0.135 e. The molecule has 2 heterocycles. The van der Waals surface area contributed by atoms with Gasteiger partial charge in [0.1, 0.15) is 17.5 Å². The summed E-state index contributed by atoms with van der Waals surface area (Å²) < 4.78 is 13.1. The summed E-state index contributed by atoms with van der Waals surface area (Å²) in [6.45, 7) is 1.05. The van der Waals surface area contributed by atoms with Crippen LogP contribution in [0.15, 0.2) is 18.2 Å². The van der Waals surface area contributed by atoms with Crippen molar-refractivity contribution in [3.63, 3.8) is 0 Å². The summed E-state index contributed by atoms with van der Waals surface area (Å²) in [5.74, 6) is 0.765. The van der Waals surface area contributed by atoms with E-state index in [1.54, 1.807) is 6.07 Å². The largest absolute Gasteiger partial charge is 0.383 e. The third kappa shape index (κ3) is 2.13. The second-order valence-electron chi connectivity index (χ2n) is 4.68. The number of benzene rings is 1. The van der Waals surface area contributed by atoms with Crippen LogP contribution in [-0.2, 0) is 6.42 Å². The van der Waals surface area contributed by atoms with Gasteiger partial charge in [-0.1, -0.05) is 0 Å². The Bertz CT molecular complexity index is 578. The van der Waals surface area contributed by atoms with E-state index in [0.717, 1.165) is 25.2 Å². The molecule has 1 saturated heterocycles. The highest BCUT2D eigenvalue weighted by molar-refractivity contribution is 5.87. The van der Waals surface area contributed by atoms with Gasteiger partial charge >= 0.3 is 0 Å². The van der Waals surface area contributed by atoms with E-state index in [0.29, 0.717) is 22.8 Å². The SMILES string of the molecule is Nc1nc(CC2CCCN2)nc2ccc(F)cc12. The van der Waals surface area contributed by atoms with Gasteiger partial charge in [0, 0.05) is 17.8 Å². The van der Waals surface area contributed by atoms with Crippen LogP contribution in [0.1, 0.15) is 18.7 Å². The molecule has 0 bridgehead atoms. The van der Waals surface area contributed by atoms with E-state index < -0.39 is 0 Å². The summed E-state index contributed by atoms with van der Waals surface area (Å²) in [7, 11) is 0. The van der Waals surface area contributed by atoms with Crippen LogP contribution in [0, 0.1) is 5.82 Å². The Hall–Kier alpha value is -1.75. The zero-order chi connectivity index (χ0) is 12.5. The predicted molar refractivity (Wildman–Crippen MR) is 68.6 cm³/mol. The molecule has 0 aliphatic carbocycles. The van der Waals surface area contributed by atoms with E-state index >= 15 is 0 Å². The number of anilines is 1. The molecule has 1 unspecified atom stereocenters. The van der Waals surface area contributed by atoms with Gasteiger partial charge in [-0.2, -0.15) is 0 Å². The Kier molecular flexibility index (Phi) is 2.83. The van der Waals surface area contributed by atoms with Crippen molar-refractivity contribution >= 4 is 16.7 Å². The lowest BCUT2D eigenvalue weighted by Crippen LogP contribution is -2.24. The molecule has 1 aromatic heterocycles. The molecule has 3 N–H and O–H groups in total. The Morgan fingerprint density at radius 1 is 1.39 bits per heavy atom. The molecule has 0 amide bonds. The molecule has 1 atom stereocenters. The highest BCUT2D eigenvalue weighted by Gasteiger charge is 2.16. The molecule has 18 heavy (non-hydrogen) atoms. The summed E-state index contributed by atoms with van der Waals surface area (Å²) in [5.41, 5.74) is 6.57. The van der Waals surface area contributed by atoms with Crippen LogP contribution in [0.5, 0.6) is 0 Å². The van der Waals surface area contributed by atoms with Crippen LogP contribution in [-0.4, -0.2) is 22.6 Å². The quantitative estimate of drug-likeness (QED) is 0.845. The van der Waals surface area contributed by atoms with Crippen LogP contribution in [0.4, 0.5) is 10.2 Å². The van der Waals surface area contributed by atoms with Crippen LogP contribution in [0.2, 0.25) is 0 Å². The third-order valence-corrected chi connectivity index (χ3v) is 3.32. The summed E-state index contributed by atoms with van der Waals surface area (Å²) in [4.78, 5) is 8.71. The molecule has 0 saturated carbocycles. The van der Waals surface area contributed by atoms with Gasteiger partial charge in [-0.05, 0) is 37.6 Å². The molecule has 1 fully saturated rings. The lowest BCUT2D eigenvalue weighted by Gasteiger charge is -2.10. The van der Waals surface area contributed by atoms with Crippen molar-refractivity contribution in [2.75, 3.05) is 12.3 Å². The van der Waals surface area contributed by atoms with Crippen molar-refractivity contribution in [1.29, 1.82) is 0 Å². The van der Waals surface area contributed by atoms with Crippen molar-refractivity contribution < 1.29 is 4.39 Å². The lowest BCUT2D eigenvalue weighted by atomic mass is 10.1. The van der Waals surface area contributed by atoms with E-state index in [1.165, 1.54) is 18.6 Å². The summed E-state index contributed by atoms with van der Waals surface area (Å²) in [5, 5.41) is 3.98. The van der Waals surface area contributed by atoms with Crippen LogP contribution in [0.25, 0.3) is 10.9 Å². The molecule has 3 rings (SSSR count). The van der Waals surface area contributed by atoms with Crippen LogP contribution < -0.4 is 11.1 Å². The fourth-order valence-electron chi connectivity index (χ4n) is 2.42. The molecule has 1 aliphatic heterocycles. The minimum atomic E-state index is -0.317. The number of nitrogens with zero attached hydrogens (tertiary/aromatic N) is 2. The fourth-order valence-corrected chi connectivity index (χ4v) is 2.42. The average Bonchev–Trinajstić information content (AvgIpc) is 2.83. The second kappa shape index (κ2) is 4.49. The molecule has 94 valence electrons. The minimum Gasteiger partial charge on any atom is -0.383 e. The highest BCUT2D eigenvalue weighted by atomic mass is 19.1. The maximum atomic E-state index is 13.1. The summed E-state index contributed by atoms with van der Waals surface area (Å²) >= 11 is 0. The van der Waals surface area contributed by atoms with Gasteiger partial charge in [0.25, 0.3) is 0 Å². The topological polar surface area (TPSA) is 63.8 Å². The average molecular weight is 246 g/mol. The van der Waals surface area contributed by atoms with Gasteiger partial charge in [0.2, 0.25) is 0 Å². The number of hydrogen-bond acceptors (Lipinski definition) is 4. The molecule has 5 heteroatoms. The number of nitrogens with one attached hydrogen (secondary N) is 1. The number of halogens is 1. The summed E-state index contributed by atoms with van der Waals surface area (Å²) in [6, 6.07) is 4.85. The fraction of sp³-hybridized carbons (Fsp3) is 0.385. The Balaban J connectivity index is 1.96. The zero-order valence-electron chi connectivity index (χ0n) is 9.99. The van der Waals surface area contributed by atoms with E-state index in [2.05, 4.69) is 15.3 Å². The standard InChI is InChI=1S/C13H15FN4/c14-8-3-4-11-10(6-8)13(15)18-12(17-11)7-9-2-1-5-16-9/h3-4,6,9,16H,1-2,5,7H2,(H2,15,17,18). The maximum absolute atomic E-state index is 13.1. The van der Waals surface area contributed by atoms with Gasteiger partial charge in [-0.25, -0.2) is 14.4 Å². The van der Waals surface area contributed by atoms with Crippen LogP contribution >= 0.6 is 0 Å². The Morgan fingerprint density at radius 3 is 3.06 bits per heavy atom. The molecule has 0 spiro atoms. The highest BCUT2D eigenvalue weighted by Crippen LogP contribution is 2.20. The number of rotatable bonds is 2. The smallest absolute Gasteiger partial charge is 0.135 e. The van der Waals surface area contributed by atoms with Crippen molar-refractivity contribution in [2.45, 2.75) is 25.3 Å². The molecule has 0 radical (unpaired) electrons. The van der Waals surface area contributed by atoms with Gasteiger partial charge < -0.3 is 11.1 Å².